The van der Waals surface area contributed by atoms with Crippen LogP contribution in [0.15, 0.2) is 58.9 Å². The van der Waals surface area contributed by atoms with Crippen LogP contribution in [0.3, 0.4) is 0 Å². The van der Waals surface area contributed by atoms with Crippen molar-refractivity contribution < 1.29 is 19.1 Å². The molecule has 0 unspecified atom stereocenters. The molecule has 6 rings (SSSR count). The average molecular weight is 637 g/mol. The lowest BCUT2D eigenvalue weighted by molar-refractivity contribution is -0.119. The standard InChI is InChI=1S/C37H43Cl2NO4/c1-36(2)17-27-33(29(41)19-36)32(34-28(18-37(3,4)20-30(34)42)40(27)25-9-7-6-8-10-25)23-15-26(39)35(31(16-23)43-5)44-21-22-11-13-24(38)14-12-22/h11-16,25,32H,6-10,17-21H2,1-5H3. The molecule has 1 aliphatic heterocycles. The van der Waals surface area contributed by atoms with Gasteiger partial charge < -0.3 is 14.4 Å². The van der Waals surface area contributed by atoms with Gasteiger partial charge in [0.2, 0.25) is 0 Å². The number of hydrogen-bond acceptors (Lipinski definition) is 5. The van der Waals surface area contributed by atoms with Gasteiger partial charge in [0.05, 0.1) is 12.1 Å². The van der Waals surface area contributed by atoms with Gasteiger partial charge in [0.25, 0.3) is 0 Å². The lowest BCUT2D eigenvalue weighted by atomic mass is 9.63. The Bertz CT molecular complexity index is 1490. The average Bonchev–Trinajstić information content (AvgIpc) is 2.95. The maximum atomic E-state index is 14.2. The molecule has 2 aromatic carbocycles. The second kappa shape index (κ2) is 11.9. The molecule has 0 atom stereocenters. The van der Waals surface area contributed by atoms with E-state index in [0.29, 0.717) is 40.4 Å². The van der Waals surface area contributed by atoms with E-state index in [0.717, 1.165) is 59.4 Å². The SMILES string of the molecule is COc1cc(C2C3=C(CC(C)(C)CC3=O)N(C3CCCCC3)C3=C2C(=O)CC(C)(C)C3)cc(Cl)c1OCc1ccc(Cl)cc1. The summed E-state index contributed by atoms with van der Waals surface area (Å²) in [4.78, 5) is 31.0. The number of hydrogen-bond donors (Lipinski definition) is 0. The maximum absolute atomic E-state index is 14.2. The number of ketones is 2. The van der Waals surface area contributed by atoms with Gasteiger partial charge in [0.1, 0.15) is 6.61 Å². The van der Waals surface area contributed by atoms with Crippen molar-refractivity contribution in [2.24, 2.45) is 10.8 Å². The molecule has 5 nitrogen and oxygen atoms in total. The van der Waals surface area contributed by atoms with Gasteiger partial charge in [0, 0.05) is 52.4 Å². The predicted octanol–water partition coefficient (Wildman–Crippen LogP) is 9.60. The molecular weight excluding hydrogens is 593 g/mol. The van der Waals surface area contributed by atoms with Gasteiger partial charge >= 0.3 is 0 Å². The Morgan fingerprint density at radius 3 is 1.93 bits per heavy atom. The Balaban J connectivity index is 1.50. The van der Waals surface area contributed by atoms with Gasteiger partial charge in [-0.25, -0.2) is 0 Å². The molecule has 2 aromatic rings. The first-order valence-electron chi connectivity index (χ1n) is 15.9. The third kappa shape index (κ3) is 5.95. The summed E-state index contributed by atoms with van der Waals surface area (Å²) in [5.74, 6) is 0.688. The summed E-state index contributed by atoms with van der Waals surface area (Å²) in [5.41, 5.74) is 5.21. The summed E-state index contributed by atoms with van der Waals surface area (Å²) in [7, 11) is 1.59. The van der Waals surface area contributed by atoms with Crippen LogP contribution in [0.5, 0.6) is 11.5 Å². The Kier molecular flexibility index (Phi) is 8.43. The van der Waals surface area contributed by atoms with Crippen LogP contribution in [0, 0.1) is 10.8 Å². The fourth-order valence-corrected chi connectivity index (χ4v) is 8.29. The molecule has 0 spiro atoms. The minimum absolute atomic E-state index is 0.129. The highest BCUT2D eigenvalue weighted by atomic mass is 35.5. The first kappa shape index (κ1) is 31.2. The number of carbonyl (C=O) groups is 2. The number of ether oxygens (including phenoxy) is 2. The highest BCUT2D eigenvalue weighted by molar-refractivity contribution is 6.32. The van der Waals surface area contributed by atoms with Gasteiger partial charge in [-0.2, -0.15) is 0 Å². The number of nitrogens with zero attached hydrogens (tertiary/aromatic N) is 1. The summed E-state index contributed by atoms with van der Waals surface area (Å²) in [6.07, 6.45) is 8.28. The van der Waals surface area contributed by atoms with Crippen LogP contribution >= 0.6 is 23.2 Å². The van der Waals surface area contributed by atoms with Gasteiger partial charge in [-0.05, 0) is 71.9 Å². The monoisotopic (exact) mass is 635 g/mol. The molecule has 44 heavy (non-hydrogen) atoms. The molecule has 4 aliphatic rings. The fraction of sp³-hybridized carbons (Fsp3) is 0.514. The van der Waals surface area contributed by atoms with Gasteiger partial charge in [-0.1, -0.05) is 82.3 Å². The molecule has 0 bridgehead atoms. The summed E-state index contributed by atoms with van der Waals surface area (Å²) in [6, 6.07) is 11.6. The molecule has 0 aromatic heterocycles. The van der Waals surface area contributed by atoms with E-state index in [2.05, 4.69) is 32.6 Å². The first-order chi connectivity index (χ1) is 20.9. The molecule has 1 heterocycles. The Morgan fingerprint density at radius 2 is 1.39 bits per heavy atom. The zero-order valence-corrected chi connectivity index (χ0v) is 28.0. The number of Topliss-reactive ketones (excluding diaryl/α,β-unsaturated/α-hetero) is 2. The van der Waals surface area contributed by atoms with Crippen molar-refractivity contribution >= 4 is 34.8 Å². The van der Waals surface area contributed by atoms with Gasteiger partial charge in [-0.3, -0.25) is 9.59 Å². The number of methoxy groups -OCH3 is 1. The van der Waals surface area contributed by atoms with E-state index < -0.39 is 5.92 Å². The van der Waals surface area contributed by atoms with Crippen LogP contribution in [-0.2, 0) is 16.2 Å². The van der Waals surface area contributed by atoms with Crippen molar-refractivity contribution in [2.45, 2.75) is 104 Å². The molecule has 234 valence electrons. The molecule has 7 heteroatoms. The molecule has 0 saturated heterocycles. The maximum Gasteiger partial charge on any atom is 0.180 e. The number of allylic oxidation sites excluding steroid dienone is 4. The molecule has 1 saturated carbocycles. The normalized spacial score (nSPS) is 22.2. The smallest absolute Gasteiger partial charge is 0.180 e. The van der Waals surface area contributed by atoms with Crippen molar-refractivity contribution in [3.8, 4) is 11.5 Å². The lowest BCUT2D eigenvalue weighted by Gasteiger charge is -2.52. The van der Waals surface area contributed by atoms with E-state index >= 15 is 0 Å². The highest BCUT2D eigenvalue weighted by Gasteiger charge is 2.50. The fourth-order valence-electron chi connectivity index (χ4n) is 7.89. The van der Waals surface area contributed by atoms with Crippen molar-refractivity contribution in [3.63, 3.8) is 0 Å². The first-order valence-corrected chi connectivity index (χ1v) is 16.7. The topological polar surface area (TPSA) is 55.8 Å². The van der Waals surface area contributed by atoms with Crippen LogP contribution in [0.2, 0.25) is 10.0 Å². The van der Waals surface area contributed by atoms with Crippen LogP contribution in [0.4, 0.5) is 0 Å². The molecule has 0 N–H and O–H groups in total. The summed E-state index contributed by atoms with van der Waals surface area (Å²) < 4.78 is 12.0. The molecule has 0 radical (unpaired) electrons. The second-order valence-corrected chi connectivity index (χ2v) is 15.5. The zero-order chi connectivity index (χ0) is 31.4. The van der Waals surface area contributed by atoms with E-state index in [-0.39, 0.29) is 29.0 Å². The quantitative estimate of drug-likeness (QED) is 0.316. The predicted molar refractivity (Wildman–Crippen MR) is 175 cm³/mol. The van der Waals surface area contributed by atoms with Crippen molar-refractivity contribution in [1.29, 1.82) is 0 Å². The summed E-state index contributed by atoms with van der Waals surface area (Å²) in [5, 5.41) is 1.05. The Hall–Kier alpha value is -2.76. The third-order valence-electron chi connectivity index (χ3n) is 9.77. The number of carbonyl (C=O) groups excluding carboxylic acids is 2. The van der Waals surface area contributed by atoms with E-state index in [1.54, 1.807) is 7.11 Å². The minimum Gasteiger partial charge on any atom is -0.493 e. The summed E-state index contributed by atoms with van der Waals surface area (Å²) >= 11 is 13.0. The molecule has 1 fully saturated rings. The lowest BCUT2D eigenvalue weighted by Crippen LogP contribution is -2.48. The second-order valence-electron chi connectivity index (χ2n) is 14.6. The van der Waals surface area contributed by atoms with E-state index in [1.165, 1.54) is 19.3 Å². The zero-order valence-electron chi connectivity index (χ0n) is 26.5. The van der Waals surface area contributed by atoms with E-state index in [4.69, 9.17) is 32.7 Å². The van der Waals surface area contributed by atoms with Crippen molar-refractivity contribution in [3.05, 3.63) is 80.1 Å². The highest BCUT2D eigenvalue weighted by Crippen LogP contribution is 2.56. The van der Waals surface area contributed by atoms with Crippen LogP contribution in [0.1, 0.15) is 103 Å². The van der Waals surface area contributed by atoms with Gasteiger partial charge in [-0.15, -0.1) is 0 Å². The number of halogens is 2. The molecule has 0 amide bonds. The molecular formula is C37H43Cl2NO4. The van der Waals surface area contributed by atoms with Crippen LogP contribution in [-0.4, -0.2) is 29.6 Å². The van der Waals surface area contributed by atoms with Gasteiger partial charge in [0.15, 0.2) is 23.1 Å². The van der Waals surface area contributed by atoms with Crippen molar-refractivity contribution in [1.82, 2.24) is 4.90 Å². The largest absolute Gasteiger partial charge is 0.493 e. The minimum atomic E-state index is -0.483. The number of benzene rings is 2. The Labute approximate surface area is 271 Å². The Morgan fingerprint density at radius 1 is 0.818 bits per heavy atom. The van der Waals surface area contributed by atoms with Crippen LogP contribution in [0.25, 0.3) is 0 Å². The molecule has 3 aliphatic carbocycles. The number of rotatable bonds is 6. The van der Waals surface area contributed by atoms with E-state index in [9.17, 15) is 9.59 Å². The van der Waals surface area contributed by atoms with E-state index in [1.807, 2.05) is 36.4 Å². The third-order valence-corrected chi connectivity index (χ3v) is 10.3. The van der Waals surface area contributed by atoms with Crippen molar-refractivity contribution in [2.75, 3.05) is 7.11 Å². The summed E-state index contributed by atoms with van der Waals surface area (Å²) in [6.45, 7) is 9.05. The van der Waals surface area contributed by atoms with Crippen LogP contribution < -0.4 is 9.47 Å².